The van der Waals surface area contributed by atoms with Crippen molar-refractivity contribution in [2.24, 2.45) is 0 Å². The maximum absolute atomic E-state index is 12.3. The monoisotopic (exact) mass is 417 g/mol. The van der Waals surface area contributed by atoms with Gasteiger partial charge >= 0.3 is 0 Å². The summed E-state index contributed by atoms with van der Waals surface area (Å²) < 4.78 is 2.23. The lowest BCUT2D eigenvalue weighted by Gasteiger charge is -2.19. The molecule has 0 spiro atoms. The van der Waals surface area contributed by atoms with Crippen molar-refractivity contribution in [2.45, 2.75) is 46.2 Å². The van der Waals surface area contributed by atoms with E-state index < -0.39 is 0 Å². The number of aryl methyl sites for hydroxylation is 2. The predicted molar refractivity (Wildman–Crippen MR) is 122 cm³/mol. The van der Waals surface area contributed by atoms with Crippen LogP contribution in [0.15, 0.2) is 48.5 Å². The maximum Gasteiger partial charge on any atom is 0.251 e. The first-order valence-corrected chi connectivity index (χ1v) is 11.2. The highest BCUT2D eigenvalue weighted by molar-refractivity contribution is 5.94. The summed E-state index contributed by atoms with van der Waals surface area (Å²) in [5, 5.41) is 11.8. The summed E-state index contributed by atoms with van der Waals surface area (Å²) in [7, 11) is 0. The molecule has 4 rings (SSSR count). The predicted octanol–water partition coefficient (Wildman–Crippen LogP) is 3.18. The number of benzene rings is 2. The van der Waals surface area contributed by atoms with Gasteiger partial charge in [0.25, 0.3) is 5.91 Å². The SMILES string of the molecule is CCc1ccc(CN2CCc3nnc(CCNC(=O)c4ccc(C)cc4)n3CC2)cc1. The minimum absolute atomic E-state index is 0.0455. The molecule has 1 aliphatic heterocycles. The Balaban J connectivity index is 1.30. The molecular weight excluding hydrogens is 386 g/mol. The Labute approximate surface area is 184 Å². The Kier molecular flexibility index (Phi) is 6.77. The van der Waals surface area contributed by atoms with E-state index in [4.69, 9.17) is 0 Å². The largest absolute Gasteiger partial charge is 0.352 e. The zero-order valence-corrected chi connectivity index (χ0v) is 18.5. The Morgan fingerprint density at radius 1 is 0.968 bits per heavy atom. The summed E-state index contributed by atoms with van der Waals surface area (Å²) in [6.07, 6.45) is 2.66. The summed E-state index contributed by atoms with van der Waals surface area (Å²) in [6.45, 7) is 8.56. The van der Waals surface area contributed by atoms with Crippen molar-refractivity contribution in [3.8, 4) is 0 Å². The third-order valence-electron chi connectivity index (χ3n) is 5.98. The molecule has 0 saturated heterocycles. The number of hydrogen-bond acceptors (Lipinski definition) is 4. The zero-order chi connectivity index (χ0) is 21.6. The molecular formula is C25H31N5O. The molecule has 0 fully saturated rings. The molecule has 2 heterocycles. The molecule has 0 radical (unpaired) electrons. The van der Waals surface area contributed by atoms with Gasteiger partial charge in [0.05, 0.1) is 0 Å². The molecule has 31 heavy (non-hydrogen) atoms. The number of carbonyl (C=O) groups excluding carboxylic acids is 1. The van der Waals surface area contributed by atoms with Crippen LogP contribution in [0.3, 0.4) is 0 Å². The first kappa shape index (κ1) is 21.2. The minimum Gasteiger partial charge on any atom is -0.352 e. The highest BCUT2D eigenvalue weighted by atomic mass is 16.1. The fraction of sp³-hybridized carbons (Fsp3) is 0.400. The number of nitrogens with zero attached hydrogens (tertiary/aromatic N) is 4. The van der Waals surface area contributed by atoms with Crippen LogP contribution in [-0.4, -0.2) is 45.2 Å². The number of rotatable bonds is 7. The first-order valence-electron chi connectivity index (χ1n) is 11.2. The van der Waals surface area contributed by atoms with Crippen LogP contribution in [0.4, 0.5) is 0 Å². The molecule has 6 nitrogen and oxygen atoms in total. The van der Waals surface area contributed by atoms with E-state index in [1.165, 1.54) is 11.1 Å². The van der Waals surface area contributed by atoms with Gasteiger partial charge in [-0.3, -0.25) is 9.69 Å². The topological polar surface area (TPSA) is 63.1 Å². The van der Waals surface area contributed by atoms with E-state index in [1.54, 1.807) is 0 Å². The fourth-order valence-electron chi connectivity index (χ4n) is 4.00. The van der Waals surface area contributed by atoms with E-state index in [9.17, 15) is 4.79 Å². The third kappa shape index (κ3) is 5.39. The number of fused-ring (bicyclic) bond motifs is 1. The van der Waals surface area contributed by atoms with Crippen LogP contribution in [0.5, 0.6) is 0 Å². The van der Waals surface area contributed by atoms with Gasteiger partial charge in [-0.15, -0.1) is 10.2 Å². The smallest absolute Gasteiger partial charge is 0.251 e. The van der Waals surface area contributed by atoms with E-state index in [2.05, 4.69) is 56.2 Å². The van der Waals surface area contributed by atoms with Crippen LogP contribution in [-0.2, 0) is 32.4 Å². The second-order valence-corrected chi connectivity index (χ2v) is 8.25. The molecule has 0 bridgehead atoms. The Morgan fingerprint density at radius 3 is 2.45 bits per heavy atom. The van der Waals surface area contributed by atoms with Gasteiger partial charge in [-0.25, -0.2) is 0 Å². The molecule has 6 heteroatoms. The second kappa shape index (κ2) is 9.88. The van der Waals surface area contributed by atoms with Crippen molar-refractivity contribution in [2.75, 3.05) is 19.6 Å². The third-order valence-corrected chi connectivity index (χ3v) is 5.98. The normalized spacial score (nSPS) is 14.1. The van der Waals surface area contributed by atoms with E-state index in [0.29, 0.717) is 18.5 Å². The maximum atomic E-state index is 12.3. The van der Waals surface area contributed by atoms with Gasteiger partial charge in [0.1, 0.15) is 11.6 Å². The highest BCUT2D eigenvalue weighted by Gasteiger charge is 2.19. The zero-order valence-electron chi connectivity index (χ0n) is 18.5. The molecule has 0 saturated carbocycles. The highest BCUT2D eigenvalue weighted by Crippen LogP contribution is 2.14. The summed E-state index contributed by atoms with van der Waals surface area (Å²) in [5.41, 5.74) is 4.57. The standard InChI is InChI=1S/C25H31N5O/c1-3-20-6-8-21(9-7-20)18-29-15-13-24-28-27-23(30(24)17-16-29)12-14-26-25(31)22-10-4-19(2)5-11-22/h4-11H,3,12-18H2,1-2H3,(H,26,31). The number of hydrogen-bond donors (Lipinski definition) is 1. The lowest BCUT2D eigenvalue weighted by molar-refractivity contribution is 0.0954. The number of aromatic nitrogens is 3. The van der Waals surface area contributed by atoms with Gasteiger partial charge in [-0.05, 0) is 36.6 Å². The lowest BCUT2D eigenvalue weighted by atomic mass is 10.1. The number of nitrogens with one attached hydrogen (secondary N) is 1. The quantitative estimate of drug-likeness (QED) is 0.641. The summed E-state index contributed by atoms with van der Waals surface area (Å²) in [4.78, 5) is 14.8. The molecule has 3 aromatic rings. The van der Waals surface area contributed by atoms with Crippen LogP contribution in [0.25, 0.3) is 0 Å². The Hall–Kier alpha value is -2.99. The van der Waals surface area contributed by atoms with Crippen LogP contribution in [0.1, 0.15) is 45.6 Å². The van der Waals surface area contributed by atoms with Gasteiger partial charge in [0.15, 0.2) is 0 Å². The Morgan fingerprint density at radius 2 is 1.71 bits per heavy atom. The van der Waals surface area contributed by atoms with Gasteiger partial charge < -0.3 is 9.88 Å². The van der Waals surface area contributed by atoms with Crippen molar-refractivity contribution in [1.29, 1.82) is 0 Å². The molecule has 1 aliphatic rings. The average Bonchev–Trinajstić information content (AvgIpc) is 3.06. The molecule has 1 aromatic heterocycles. The van der Waals surface area contributed by atoms with Crippen LogP contribution in [0.2, 0.25) is 0 Å². The molecule has 1 amide bonds. The van der Waals surface area contributed by atoms with Crippen molar-refractivity contribution < 1.29 is 4.79 Å². The van der Waals surface area contributed by atoms with E-state index in [-0.39, 0.29) is 5.91 Å². The second-order valence-electron chi connectivity index (χ2n) is 8.25. The molecule has 0 atom stereocenters. The fourth-order valence-corrected chi connectivity index (χ4v) is 4.00. The van der Waals surface area contributed by atoms with Gasteiger partial charge in [0, 0.05) is 51.1 Å². The molecule has 162 valence electrons. The summed E-state index contributed by atoms with van der Waals surface area (Å²) in [5.74, 6) is 1.95. The van der Waals surface area contributed by atoms with E-state index in [0.717, 1.165) is 56.2 Å². The summed E-state index contributed by atoms with van der Waals surface area (Å²) >= 11 is 0. The van der Waals surface area contributed by atoms with Gasteiger partial charge in [-0.2, -0.15) is 0 Å². The van der Waals surface area contributed by atoms with Crippen molar-refractivity contribution >= 4 is 5.91 Å². The summed E-state index contributed by atoms with van der Waals surface area (Å²) in [6, 6.07) is 16.6. The lowest BCUT2D eigenvalue weighted by Crippen LogP contribution is -2.28. The molecule has 2 aromatic carbocycles. The van der Waals surface area contributed by atoms with Crippen LogP contribution >= 0.6 is 0 Å². The van der Waals surface area contributed by atoms with Crippen molar-refractivity contribution in [3.05, 3.63) is 82.4 Å². The molecule has 0 unspecified atom stereocenters. The van der Waals surface area contributed by atoms with Crippen LogP contribution < -0.4 is 5.32 Å². The number of carbonyl (C=O) groups is 1. The van der Waals surface area contributed by atoms with E-state index >= 15 is 0 Å². The van der Waals surface area contributed by atoms with Crippen LogP contribution in [0, 0.1) is 6.92 Å². The van der Waals surface area contributed by atoms with Gasteiger partial charge in [0.2, 0.25) is 0 Å². The van der Waals surface area contributed by atoms with Gasteiger partial charge in [-0.1, -0.05) is 48.9 Å². The number of amides is 1. The molecule has 0 aliphatic carbocycles. The van der Waals surface area contributed by atoms with Crippen molar-refractivity contribution in [3.63, 3.8) is 0 Å². The van der Waals surface area contributed by atoms with Crippen molar-refractivity contribution in [1.82, 2.24) is 25.0 Å². The minimum atomic E-state index is -0.0455. The van der Waals surface area contributed by atoms with E-state index in [1.807, 2.05) is 31.2 Å². The first-order chi connectivity index (χ1) is 15.1. The average molecular weight is 418 g/mol. The molecule has 1 N–H and O–H groups in total. The Bertz CT molecular complexity index is 1010.